The third kappa shape index (κ3) is 6.91. The zero-order valence-electron chi connectivity index (χ0n) is 18.2. The second kappa shape index (κ2) is 12.5. The number of methoxy groups -OCH3 is 1. The second-order valence-electron chi connectivity index (χ2n) is 7.99. The van der Waals surface area contributed by atoms with Gasteiger partial charge in [0, 0.05) is 32.7 Å². The molecule has 0 aromatic heterocycles. The van der Waals surface area contributed by atoms with Crippen molar-refractivity contribution in [3.63, 3.8) is 0 Å². The third-order valence-corrected chi connectivity index (χ3v) is 5.98. The number of para-hydroxylation sites is 2. The molecule has 3 rings (SSSR count). The normalized spacial score (nSPS) is 21.0. The Hall–Kier alpha value is -1.22. The van der Waals surface area contributed by atoms with E-state index in [0.717, 1.165) is 43.7 Å². The van der Waals surface area contributed by atoms with Crippen LogP contribution in [0.1, 0.15) is 32.6 Å². The van der Waals surface area contributed by atoms with Crippen LogP contribution in [-0.4, -0.2) is 70.3 Å². The van der Waals surface area contributed by atoms with Crippen molar-refractivity contribution >= 4 is 35.6 Å². The van der Waals surface area contributed by atoms with Crippen LogP contribution in [0.2, 0.25) is 0 Å². The predicted octanol–water partition coefficient (Wildman–Crippen LogP) is 3.18. The van der Waals surface area contributed by atoms with Gasteiger partial charge in [-0.1, -0.05) is 19.1 Å². The fraction of sp³-hybridized carbons (Fsp3) is 0.682. The molecular formula is C22H38IN5O. The molecular weight excluding hydrogens is 477 g/mol. The minimum atomic E-state index is 0. The number of rotatable bonds is 7. The van der Waals surface area contributed by atoms with E-state index in [1.807, 2.05) is 19.2 Å². The number of ether oxygens (including phenoxy) is 1. The number of hydrogen-bond acceptors (Lipinski definition) is 4. The van der Waals surface area contributed by atoms with Crippen LogP contribution in [0.5, 0.6) is 5.75 Å². The van der Waals surface area contributed by atoms with Crippen molar-refractivity contribution in [2.45, 2.75) is 38.6 Å². The molecule has 2 N–H and O–H groups in total. The molecule has 2 heterocycles. The molecule has 0 radical (unpaired) electrons. The quantitative estimate of drug-likeness (QED) is 0.332. The van der Waals surface area contributed by atoms with Crippen molar-refractivity contribution in [2.24, 2.45) is 10.9 Å². The number of halogens is 1. The highest BCUT2D eigenvalue weighted by molar-refractivity contribution is 14.0. The maximum absolute atomic E-state index is 5.52. The summed E-state index contributed by atoms with van der Waals surface area (Å²) in [6.45, 7) is 9.00. The fourth-order valence-corrected chi connectivity index (χ4v) is 4.35. The van der Waals surface area contributed by atoms with Gasteiger partial charge in [0.25, 0.3) is 0 Å². The molecule has 0 saturated carbocycles. The zero-order valence-corrected chi connectivity index (χ0v) is 20.5. The Labute approximate surface area is 193 Å². The molecule has 0 aliphatic carbocycles. The summed E-state index contributed by atoms with van der Waals surface area (Å²) < 4.78 is 5.52. The maximum atomic E-state index is 5.52. The third-order valence-electron chi connectivity index (χ3n) is 5.98. The molecule has 0 spiro atoms. The lowest BCUT2D eigenvalue weighted by Crippen LogP contribution is -2.47. The predicted molar refractivity (Wildman–Crippen MR) is 133 cm³/mol. The van der Waals surface area contributed by atoms with Crippen LogP contribution in [-0.2, 0) is 0 Å². The monoisotopic (exact) mass is 515 g/mol. The van der Waals surface area contributed by atoms with Gasteiger partial charge in [-0.05, 0) is 63.4 Å². The molecule has 7 heteroatoms. The number of piperidine rings is 1. The van der Waals surface area contributed by atoms with Gasteiger partial charge in [0.05, 0.1) is 12.8 Å². The number of hydrogen-bond donors (Lipinski definition) is 2. The van der Waals surface area contributed by atoms with Crippen molar-refractivity contribution in [1.82, 2.24) is 15.5 Å². The Bertz CT molecular complexity index is 633. The van der Waals surface area contributed by atoms with E-state index in [0.29, 0.717) is 6.04 Å². The molecule has 1 aromatic rings. The van der Waals surface area contributed by atoms with Crippen LogP contribution in [0.25, 0.3) is 0 Å². The van der Waals surface area contributed by atoms with Gasteiger partial charge < -0.3 is 25.2 Å². The van der Waals surface area contributed by atoms with Crippen LogP contribution >= 0.6 is 24.0 Å². The summed E-state index contributed by atoms with van der Waals surface area (Å²) in [5, 5.41) is 7.18. The van der Waals surface area contributed by atoms with E-state index >= 15 is 0 Å². The van der Waals surface area contributed by atoms with Crippen LogP contribution < -0.4 is 20.3 Å². The molecule has 1 aromatic carbocycles. The molecule has 1 unspecified atom stereocenters. The maximum Gasteiger partial charge on any atom is 0.191 e. The average Bonchev–Trinajstić information content (AvgIpc) is 3.20. The SMILES string of the molecule is CCCN1CCC(CNC(=NC)NC2CCN(c3ccccc3OC)C2)CC1.I. The summed E-state index contributed by atoms with van der Waals surface area (Å²) in [5.41, 5.74) is 1.18. The first kappa shape index (κ1) is 24.1. The molecule has 164 valence electrons. The van der Waals surface area contributed by atoms with Crippen LogP contribution in [0.15, 0.2) is 29.3 Å². The summed E-state index contributed by atoms with van der Waals surface area (Å²) >= 11 is 0. The Morgan fingerprint density at radius 2 is 1.93 bits per heavy atom. The molecule has 2 fully saturated rings. The summed E-state index contributed by atoms with van der Waals surface area (Å²) in [4.78, 5) is 9.44. The van der Waals surface area contributed by atoms with Crippen molar-refractivity contribution in [1.29, 1.82) is 0 Å². The summed E-state index contributed by atoms with van der Waals surface area (Å²) in [6, 6.07) is 8.67. The average molecular weight is 515 g/mol. The number of benzene rings is 1. The van der Waals surface area contributed by atoms with Gasteiger partial charge in [0.1, 0.15) is 5.75 Å². The highest BCUT2D eigenvalue weighted by Gasteiger charge is 2.25. The number of aliphatic imine (C=N–C) groups is 1. The van der Waals surface area contributed by atoms with E-state index in [1.165, 1.54) is 44.6 Å². The molecule has 1 atom stereocenters. The molecule has 29 heavy (non-hydrogen) atoms. The lowest BCUT2D eigenvalue weighted by molar-refractivity contribution is 0.185. The van der Waals surface area contributed by atoms with E-state index in [-0.39, 0.29) is 24.0 Å². The lowest BCUT2D eigenvalue weighted by atomic mass is 9.97. The number of nitrogens with zero attached hydrogens (tertiary/aromatic N) is 3. The number of anilines is 1. The van der Waals surface area contributed by atoms with Gasteiger partial charge in [0.15, 0.2) is 5.96 Å². The topological polar surface area (TPSA) is 52.1 Å². The highest BCUT2D eigenvalue weighted by atomic mass is 127. The smallest absolute Gasteiger partial charge is 0.191 e. The highest BCUT2D eigenvalue weighted by Crippen LogP contribution is 2.30. The van der Waals surface area contributed by atoms with E-state index in [9.17, 15) is 0 Å². The van der Waals surface area contributed by atoms with E-state index in [2.05, 4.69) is 44.5 Å². The zero-order chi connectivity index (χ0) is 19.8. The molecule has 2 aliphatic heterocycles. The second-order valence-corrected chi connectivity index (χ2v) is 7.99. The summed E-state index contributed by atoms with van der Waals surface area (Å²) in [5.74, 6) is 2.63. The molecule has 6 nitrogen and oxygen atoms in total. The van der Waals surface area contributed by atoms with Crippen molar-refractivity contribution in [3.8, 4) is 5.75 Å². The summed E-state index contributed by atoms with van der Waals surface area (Å²) in [6.07, 6.45) is 4.94. The number of guanidine groups is 1. The van der Waals surface area contributed by atoms with Crippen LogP contribution in [0, 0.1) is 5.92 Å². The molecule has 2 saturated heterocycles. The Morgan fingerprint density at radius 3 is 2.62 bits per heavy atom. The van der Waals surface area contributed by atoms with Crippen LogP contribution in [0.3, 0.4) is 0 Å². The standard InChI is InChI=1S/C22H37N5O.HI/c1-4-12-26-13-9-18(10-14-26)16-24-22(23-2)25-19-11-15-27(17-19)20-7-5-6-8-21(20)28-3;/h5-8,18-19H,4,9-17H2,1-3H3,(H2,23,24,25);1H. The van der Waals surface area contributed by atoms with Crippen LogP contribution in [0.4, 0.5) is 5.69 Å². The largest absolute Gasteiger partial charge is 0.495 e. The van der Waals surface area contributed by atoms with Gasteiger partial charge in [0.2, 0.25) is 0 Å². The van der Waals surface area contributed by atoms with Crippen molar-refractivity contribution in [3.05, 3.63) is 24.3 Å². The minimum absolute atomic E-state index is 0. The number of likely N-dealkylation sites (tertiary alicyclic amines) is 1. The Balaban J connectivity index is 0.00000300. The van der Waals surface area contributed by atoms with Gasteiger partial charge in [-0.15, -0.1) is 24.0 Å². The van der Waals surface area contributed by atoms with E-state index in [4.69, 9.17) is 4.74 Å². The Kier molecular flexibility index (Phi) is 10.3. The first-order valence-electron chi connectivity index (χ1n) is 10.8. The van der Waals surface area contributed by atoms with Gasteiger partial charge in [-0.2, -0.15) is 0 Å². The lowest BCUT2D eigenvalue weighted by Gasteiger charge is -2.32. The Morgan fingerprint density at radius 1 is 1.17 bits per heavy atom. The summed E-state index contributed by atoms with van der Waals surface area (Å²) in [7, 11) is 3.61. The fourth-order valence-electron chi connectivity index (χ4n) is 4.35. The van der Waals surface area contributed by atoms with E-state index in [1.54, 1.807) is 7.11 Å². The van der Waals surface area contributed by atoms with Gasteiger partial charge in [-0.25, -0.2) is 0 Å². The number of nitrogens with one attached hydrogen (secondary N) is 2. The molecule has 0 amide bonds. The molecule has 0 bridgehead atoms. The van der Waals surface area contributed by atoms with Gasteiger partial charge >= 0.3 is 0 Å². The first-order chi connectivity index (χ1) is 13.7. The van der Waals surface area contributed by atoms with Gasteiger partial charge in [-0.3, -0.25) is 4.99 Å². The minimum Gasteiger partial charge on any atom is -0.495 e. The van der Waals surface area contributed by atoms with Crippen molar-refractivity contribution < 1.29 is 4.74 Å². The van der Waals surface area contributed by atoms with Crippen molar-refractivity contribution in [2.75, 3.05) is 58.3 Å². The molecule has 2 aliphatic rings. The van der Waals surface area contributed by atoms with E-state index < -0.39 is 0 Å². The first-order valence-corrected chi connectivity index (χ1v) is 10.8.